The SMILES string of the molecule is C=C(C)CN(CC)C(=O)COC(=O)/C=C/c1ccc(Cl)c([N+](=O)[O-])c1. The van der Waals surface area contributed by atoms with Gasteiger partial charge in [-0.1, -0.05) is 29.8 Å². The predicted molar refractivity (Wildman–Crippen MR) is 95.2 cm³/mol. The topological polar surface area (TPSA) is 89.8 Å². The zero-order chi connectivity index (χ0) is 19.0. The Bertz CT molecular complexity index is 715. The lowest BCUT2D eigenvalue weighted by atomic mass is 10.2. The molecular formula is C17H19ClN2O5. The highest BCUT2D eigenvalue weighted by Gasteiger charge is 2.14. The number of hydrogen-bond donors (Lipinski definition) is 0. The highest BCUT2D eigenvalue weighted by molar-refractivity contribution is 6.32. The average molecular weight is 367 g/mol. The van der Waals surface area contributed by atoms with Crippen LogP contribution in [-0.4, -0.2) is 41.4 Å². The van der Waals surface area contributed by atoms with Crippen LogP contribution in [0.5, 0.6) is 0 Å². The number of rotatable bonds is 8. The van der Waals surface area contributed by atoms with Crippen LogP contribution in [0.4, 0.5) is 5.69 Å². The van der Waals surface area contributed by atoms with E-state index in [1.807, 2.05) is 6.92 Å². The molecule has 0 aliphatic carbocycles. The molecule has 0 saturated carbocycles. The average Bonchev–Trinajstić information content (AvgIpc) is 2.56. The van der Waals surface area contributed by atoms with E-state index in [9.17, 15) is 19.7 Å². The molecule has 8 heteroatoms. The van der Waals surface area contributed by atoms with E-state index in [-0.39, 0.29) is 23.2 Å². The van der Waals surface area contributed by atoms with Crippen molar-refractivity contribution >= 4 is 35.2 Å². The number of benzene rings is 1. The molecule has 0 atom stereocenters. The van der Waals surface area contributed by atoms with Crippen molar-refractivity contribution < 1.29 is 19.2 Å². The third-order valence-corrected chi connectivity index (χ3v) is 3.43. The van der Waals surface area contributed by atoms with Crippen LogP contribution in [0.15, 0.2) is 36.4 Å². The largest absolute Gasteiger partial charge is 0.452 e. The monoisotopic (exact) mass is 366 g/mol. The molecule has 7 nitrogen and oxygen atoms in total. The number of halogens is 1. The molecule has 1 rings (SSSR count). The van der Waals surface area contributed by atoms with Gasteiger partial charge in [0.1, 0.15) is 5.02 Å². The van der Waals surface area contributed by atoms with Crippen molar-refractivity contribution in [2.45, 2.75) is 13.8 Å². The van der Waals surface area contributed by atoms with Gasteiger partial charge in [0, 0.05) is 25.2 Å². The first-order valence-corrected chi connectivity index (χ1v) is 7.83. The summed E-state index contributed by atoms with van der Waals surface area (Å²) in [5, 5.41) is 10.8. The van der Waals surface area contributed by atoms with Crippen molar-refractivity contribution in [2.75, 3.05) is 19.7 Å². The number of nitro groups is 1. The minimum atomic E-state index is -0.725. The highest BCUT2D eigenvalue weighted by Crippen LogP contribution is 2.25. The summed E-state index contributed by atoms with van der Waals surface area (Å²) in [6, 6.07) is 4.13. The van der Waals surface area contributed by atoms with E-state index >= 15 is 0 Å². The molecule has 0 radical (unpaired) electrons. The van der Waals surface area contributed by atoms with E-state index < -0.39 is 10.9 Å². The standard InChI is InChI=1S/C17H19ClN2O5/c1-4-19(10-12(2)3)16(21)11-25-17(22)8-6-13-5-7-14(18)15(9-13)20(23)24/h5-9H,2,4,10-11H2,1,3H3/b8-6+. The van der Waals surface area contributed by atoms with Crippen LogP contribution in [0.1, 0.15) is 19.4 Å². The van der Waals surface area contributed by atoms with Crippen LogP contribution in [0.25, 0.3) is 6.08 Å². The molecule has 25 heavy (non-hydrogen) atoms. The lowest BCUT2D eigenvalue weighted by Gasteiger charge is -2.20. The molecule has 0 bridgehead atoms. The fourth-order valence-electron chi connectivity index (χ4n) is 1.91. The van der Waals surface area contributed by atoms with Gasteiger partial charge in [-0.05, 0) is 31.6 Å². The number of esters is 1. The Hall–Kier alpha value is -2.67. The molecule has 0 fully saturated rings. The van der Waals surface area contributed by atoms with Crippen LogP contribution >= 0.6 is 11.6 Å². The van der Waals surface area contributed by atoms with Crippen LogP contribution in [-0.2, 0) is 14.3 Å². The lowest BCUT2D eigenvalue weighted by Crippen LogP contribution is -2.35. The van der Waals surface area contributed by atoms with Crippen molar-refractivity contribution in [3.63, 3.8) is 0 Å². The summed E-state index contributed by atoms with van der Waals surface area (Å²) in [5.74, 6) is -1.05. The second-order valence-corrected chi connectivity index (χ2v) is 5.68. The fourth-order valence-corrected chi connectivity index (χ4v) is 2.10. The summed E-state index contributed by atoms with van der Waals surface area (Å²) in [4.78, 5) is 35.3. The van der Waals surface area contributed by atoms with Crippen molar-refractivity contribution in [3.8, 4) is 0 Å². The molecule has 0 spiro atoms. The van der Waals surface area contributed by atoms with Gasteiger partial charge in [-0.2, -0.15) is 0 Å². The summed E-state index contributed by atoms with van der Waals surface area (Å²) < 4.78 is 4.88. The van der Waals surface area contributed by atoms with E-state index in [1.54, 1.807) is 6.92 Å². The van der Waals surface area contributed by atoms with Gasteiger partial charge in [0.15, 0.2) is 6.61 Å². The fraction of sp³-hybridized carbons (Fsp3) is 0.294. The van der Waals surface area contributed by atoms with Gasteiger partial charge in [0.05, 0.1) is 4.92 Å². The number of ether oxygens (including phenoxy) is 1. The van der Waals surface area contributed by atoms with Gasteiger partial charge in [0.2, 0.25) is 0 Å². The van der Waals surface area contributed by atoms with Crippen molar-refractivity contribution in [1.82, 2.24) is 4.90 Å². The summed E-state index contributed by atoms with van der Waals surface area (Å²) in [6.07, 6.45) is 2.44. The van der Waals surface area contributed by atoms with E-state index in [1.165, 1.54) is 29.2 Å². The molecule has 0 aliphatic heterocycles. The minimum Gasteiger partial charge on any atom is -0.452 e. The summed E-state index contributed by atoms with van der Waals surface area (Å²) in [5.41, 5.74) is 0.980. The smallest absolute Gasteiger partial charge is 0.331 e. The molecule has 0 heterocycles. The Balaban J connectivity index is 2.63. The number of likely N-dealkylation sites (N-methyl/N-ethyl adjacent to an activating group) is 1. The molecule has 0 N–H and O–H groups in total. The minimum absolute atomic E-state index is 0.00694. The Kier molecular flexibility index (Phi) is 7.81. The molecular weight excluding hydrogens is 348 g/mol. The summed E-state index contributed by atoms with van der Waals surface area (Å²) in [7, 11) is 0. The van der Waals surface area contributed by atoms with Crippen molar-refractivity contribution in [2.24, 2.45) is 0 Å². The first kappa shape index (κ1) is 20.4. The molecule has 0 unspecified atom stereocenters. The maximum absolute atomic E-state index is 11.9. The number of carbonyl (C=O) groups excluding carboxylic acids is 2. The first-order chi connectivity index (χ1) is 11.7. The Morgan fingerprint density at radius 2 is 2.12 bits per heavy atom. The zero-order valence-electron chi connectivity index (χ0n) is 14.0. The van der Waals surface area contributed by atoms with Crippen molar-refractivity contribution in [1.29, 1.82) is 0 Å². The van der Waals surface area contributed by atoms with Gasteiger partial charge in [0.25, 0.3) is 11.6 Å². The number of carbonyl (C=O) groups is 2. The number of nitrogens with zero attached hydrogens (tertiary/aromatic N) is 2. The zero-order valence-corrected chi connectivity index (χ0v) is 14.8. The Morgan fingerprint density at radius 1 is 1.44 bits per heavy atom. The van der Waals surface area contributed by atoms with Gasteiger partial charge in [-0.3, -0.25) is 14.9 Å². The van der Waals surface area contributed by atoms with Crippen LogP contribution in [0.2, 0.25) is 5.02 Å². The van der Waals surface area contributed by atoms with Crippen molar-refractivity contribution in [3.05, 3.63) is 57.1 Å². The van der Waals surface area contributed by atoms with Gasteiger partial charge >= 0.3 is 5.97 Å². The van der Waals surface area contributed by atoms with Gasteiger partial charge in [-0.15, -0.1) is 0 Å². The second-order valence-electron chi connectivity index (χ2n) is 5.27. The van der Waals surface area contributed by atoms with E-state index in [0.29, 0.717) is 18.7 Å². The third-order valence-electron chi connectivity index (χ3n) is 3.11. The summed E-state index contributed by atoms with van der Waals surface area (Å²) >= 11 is 5.71. The van der Waals surface area contributed by atoms with E-state index in [4.69, 9.17) is 16.3 Å². The molecule has 0 aromatic heterocycles. The Morgan fingerprint density at radius 3 is 2.68 bits per heavy atom. The maximum atomic E-state index is 11.9. The molecule has 0 saturated heterocycles. The lowest BCUT2D eigenvalue weighted by molar-refractivity contribution is -0.384. The van der Waals surface area contributed by atoms with Crippen LogP contribution in [0.3, 0.4) is 0 Å². The van der Waals surface area contributed by atoms with Gasteiger partial charge < -0.3 is 9.64 Å². The molecule has 0 aliphatic rings. The Labute approximate surface area is 150 Å². The summed E-state index contributed by atoms with van der Waals surface area (Å²) in [6.45, 7) is 7.85. The first-order valence-electron chi connectivity index (χ1n) is 7.45. The van der Waals surface area contributed by atoms with E-state index in [0.717, 1.165) is 11.6 Å². The maximum Gasteiger partial charge on any atom is 0.331 e. The third kappa shape index (κ3) is 6.76. The molecule has 1 aromatic carbocycles. The predicted octanol–water partition coefficient (Wildman–Crippen LogP) is 3.23. The molecule has 1 amide bonds. The van der Waals surface area contributed by atoms with Crippen LogP contribution < -0.4 is 0 Å². The highest BCUT2D eigenvalue weighted by atomic mass is 35.5. The number of nitro benzene ring substituents is 1. The second kappa shape index (κ2) is 9.58. The molecule has 1 aromatic rings. The van der Waals surface area contributed by atoms with Gasteiger partial charge in [-0.25, -0.2) is 4.79 Å². The van der Waals surface area contributed by atoms with E-state index in [2.05, 4.69) is 6.58 Å². The molecule has 134 valence electrons. The number of amides is 1. The number of hydrogen-bond acceptors (Lipinski definition) is 5. The normalized spacial score (nSPS) is 10.5. The van der Waals surface area contributed by atoms with Crippen LogP contribution in [0, 0.1) is 10.1 Å². The quantitative estimate of drug-likeness (QED) is 0.231.